The summed E-state index contributed by atoms with van der Waals surface area (Å²) in [6.07, 6.45) is 3.01. The van der Waals surface area contributed by atoms with Crippen LogP contribution in [-0.2, 0) is 6.42 Å². The van der Waals surface area contributed by atoms with Crippen LogP contribution in [0.2, 0.25) is 0 Å². The predicted octanol–water partition coefficient (Wildman–Crippen LogP) is 4.60. The maximum absolute atomic E-state index is 13.8. The van der Waals surface area contributed by atoms with Crippen LogP contribution in [0.15, 0.2) is 12.1 Å². The van der Waals surface area contributed by atoms with Crippen LogP contribution >= 0.6 is 0 Å². The molecule has 0 saturated carbocycles. The van der Waals surface area contributed by atoms with Gasteiger partial charge in [0, 0.05) is 0 Å². The van der Waals surface area contributed by atoms with Crippen molar-refractivity contribution >= 4 is 0 Å². The fraction of sp³-hybridized carbons (Fsp3) is 0.571. The van der Waals surface area contributed by atoms with Crippen molar-refractivity contribution < 1.29 is 4.39 Å². The third-order valence-corrected chi connectivity index (χ3v) is 3.26. The maximum atomic E-state index is 13.8. The lowest BCUT2D eigenvalue weighted by atomic mass is 9.90. The van der Waals surface area contributed by atoms with Gasteiger partial charge < -0.3 is 0 Å². The Morgan fingerprint density at radius 3 is 2.20 bits per heavy atom. The highest BCUT2D eigenvalue weighted by Gasteiger charge is 2.13. The number of benzene rings is 1. The van der Waals surface area contributed by atoms with Gasteiger partial charge in [0.1, 0.15) is 5.82 Å². The minimum absolute atomic E-state index is 0.0293. The molecule has 0 atom stereocenters. The van der Waals surface area contributed by atoms with Crippen molar-refractivity contribution in [1.29, 1.82) is 0 Å². The van der Waals surface area contributed by atoms with Crippen molar-refractivity contribution in [3.05, 3.63) is 34.6 Å². The minimum atomic E-state index is -0.0293. The molecule has 0 fully saturated rings. The molecule has 1 aromatic carbocycles. The highest BCUT2D eigenvalue weighted by molar-refractivity contribution is 5.34. The molecule has 0 heterocycles. The van der Waals surface area contributed by atoms with E-state index < -0.39 is 0 Å². The van der Waals surface area contributed by atoms with E-state index in [1.165, 1.54) is 5.56 Å². The van der Waals surface area contributed by atoms with E-state index in [2.05, 4.69) is 26.8 Å². The van der Waals surface area contributed by atoms with Gasteiger partial charge in [0.25, 0.3) is 0 Å². The SMILES string of the molecule is CCc1cc(C(CC)CC)c(F)cc1C. The highest BCUT2D eigenvalue weighted by Crippen LogP contribution is 2.28. The van der Waals surface area contributed by atoms with Crippen molar-refractivity contribution in [2.24, 2.45) is 0 Å². The molecule has 0 saturated heterocycles. The van der Waals surface area contributed by atoms with Crippen LogP contribution in [0.25, 0.3) is 0 Å². The van der Waals surface area contributed by atoms with E-state index in [0.29, 0.717) is 5.92 Å². The minimum Gasteiger partial charge on any atom is -0.207 e. The molecule has 0 radical (unpaired) electrons. The molecule has 15 heavy (non-hydrogen) atoms. The molecule has 0 aromatic heterocycles. The average molecular weight is 208 g/mol. The number of rotatable bonds is 4. The van der Waals surface area contributed by atoms with Crippen LogP contribution < -0.4 is 0 Å². The Bertz CT molecular complexity index is 324. The summed E-state index contributed by atoms with van der Waals surface area (Å²) in [6, 6.07) is 3.74. The largest absolute Gasteiger partial charge is 0.207 e. The van der Waals surface area contributed by atoms with Gasteiger partial charge in [-0.3, -0.25) is 0 Å². The second-order valence-electron chi connectivity index (χ2n) is 4.17. The Kier molecular flexibility index (Phi) is 4.31. The second kappa shape index (κ2) is 5.29. The topological polar surface area (TPSA) is 0 Å². The highest BCUT2D eigenvalue weighted by atomic mass is 19.1. The normalized spacial score (nSPS) is 11.1. The summed E-state index contributed by atoms with van der Waals surface area (Å²) in [6.45, 7) is 8.35. The van der Waals surface area contributed by atoms with Gasteiger partial charge in [0.15, 0.2) is 0 Å². The molecule has 0 N–H and O–H groups in total. The Morgan fingerprint density at radius 2 is 1.73 bits per heavy atom. The third-order valence-electron chi connectivity index (χ3n) is 3.26. The first kappa shape index (κ1) is 12.2. The maximum Gasteiger partial charge on any atom is 0.126 e. The molecule has 84 valence electrons. The Labute approximate surface area is 92.5 Å². The third kappa shape index (κ3) is 2.58. The van der Waals surface area contributed by atoms with Crippen LogP contribution in [-0.4, -0.2) is 0 Å². The molecule has 0 aliphatic heterocycles. The van der Waals surface area contributed by atoms with Gasteiger partial charge in [-0.15, -0.1) is 0 Å². The number of hydrogen-bond donors (Lipinski definition) is 0. The number of hydrogen-bond acceptors (Lipinski definition) is 0. The van der Waals surface area contributed by atoms with E-state index in [-0.39, 0.29) is 5.82 Å². The average Bonchev–Trinajstić information content (AvgIpc) is 2.22. The van der Waals surface area contributed by atoms with Crippen molar-refractivity contribution in [2.45, 2.75) is 52.9 Å². The zero-order valence-electron chi connectivity index (χ0n) is 10.2. The summed E-state index contributed by atoms with van der Waals surface area (Å²) in [4.78, 5) is 0. The van der Waals surface area contributed by atoms with Gasteiger partial charge >= 0.3 is 0 Å². The smallest absolute Gasteiger partial charge is 0.126 e. The van der Waals surface area contributed by atoms with E-state index in [1.54, 1.807) is 6.07 Å². The summed E-state index contributed by atoms with van der Waals surface area (Å²) in [7, 11) is 0. The van der Waals surface area contributed by atoms with Crippen LogP contribution in [0.4, 0.5) is 4.39 Å². The molecule has 0 aliphatic carbocycles. The molecule has 1 heteroatoms. The van der Waals surface area contributed by atoms with E-state index in [1.807, 2.05) is 6.92 Å². The lowest BCUT2D eigenvalue weighted by Crippen LogP contribution is -2.02. The first-order valence-corrected chi connectivity index (χ1v) is 5.92. The lowest BCUT2D eigenvalue weighted by Gasteiger charge is -2.16. The molecule has 1 aromatic rings. The molecule has 0 amide bonds. The number of aryl methyl sites for hydroxylation is 2. The molecular formula is C14H21F. The fourth-order valence-corrected chi connectivity index (χ4v) is 2.16. The Hall–Kier alpha value is -0.850. The van der Waals surface area contributed by atoms with E-state index >= 15 is 0 Å². The first-order chi connectivity index (χ1) is 7.13. The fourth-order valence-electron chi connectivity index (χ4n) is 2.16. The van der Waals surface area contributed by atoms with Gasteiger partial charge in [0.2, 0.25) is 0 Å². The van der Waals surface area contributed by atoms with Crippen LogP contribution in [0.1, 0.15) is 56.2 Å². The lowest BCUT2D eigenvalue weighted by molar-refractivity contribution is 0.556. The van der Waals surface area contributed by atoms with Gasteiger partial charge in [0.05, 0.1) is 0 Å². The monoisotopic (exact) mass is 208 g/mol. The molecule has 0 bridgehead atoms. The summed E-state index contributed by atoms with van der Waals surface area (Å²) < 4.78 is 13.8. The van der Waals surface area contributed by atoms with Crippen LogP contribution in [0.3, 0.4) is 0 Å². The van der Waals surface area contributed by atoms with E-state index in [9.17, 15) is 4.39 Å². The zero-order chi connectivity index (χ0) is 11.4. The van der Waals surface area contributed by atoms with Gasteiger partial charge in [-0.05, 0) is 54.9 Å². The summed E-state index contributed by atoms with van der Waals surface area (Å²) in [5.41, 5.74) is 3.26. The van der Waals surface area contributed by atoms with Gasteiger partial charge in [-0.1, -0.05) is 26.8 Å². The quantitative estimate of drug-likeness (QED) is 0.678. The van der Waals surface area contributed by atoms with Crippen LogP contribution in [0, 0.1) is 12.7 Å². The zero-order valence-corrected chi connectivity index (χ0v) is 10.2. The molecule has 1 rings (SSSR count). The standard InChI is InChI=1S/C14H21F/c1-5-11(6-2)13-9-12(7-3)10(4)8-14(13)15/h8-9,11H,5-7H2,1-4H3. The van der Waals surface area contributed by atoms with Crippen molar-refractivity contribution in [1.82, 2.24) is 0 Å². The molecular weight excluding hydrogens is 187 g/mol. The van der Waals surface area contributed by atoms with Crippen molar-refractivity contribution in [3.63, 3.8) is 0 Å². The molecule has 0 aliphatic rings. The Morgan fingerprint density at radius 1 is 1.13 bits per heavy atom. The number of halogens is 1. The molecule has 0 spiro atoms. The summed E-state index contributed by atoms with van der Waals surface area (Å²) >= 11 is 0. The molecule has 0 unspecified atom stereocenters. The Balaban J connectivity index is 3.17. The summed E-state index contributed by atoms with van der Waals surface area (Å²) in [5.74, 6) is 0.342. The van der Waals surface area contributed by atoms with Crippen LogP contribution in [0.5, 0.6) is 0 Å². The van der Waals surface area contributed by atoms with Gasteiger partial charge in [-0.25, -0.2) is 4.39 Å². The van der Waals surface area contributed by atoms with Crippen molar-refractivity contribution in [2.75, 3.05) is 0 Å². The first-order valence-electron chi connectivity index (χ1n) is 5.92. The predicted molar refractivity (Wildman–Crippen MR) is 63.8 cm³/mol. The summed E-state index contributed by atoms with van der Waals surface area (Å²) in [5, 5.41) is 0. The van der Waals surface area contributed by atoms with E-state index in [0.717, 1.165) is 30.4 Å². The van der Waals surface area contributed by atoms with E-state index in [4.69, 9.17) is 0 Å². The molecule has 0 nitrogen and oxygen atoms in total. The second-order valence-corrected chi connectivity index (χ2v) is 4.17. The van der Waals surface area contributed by atoms with Gasteiger partial charge in [-0.2, -0.15) is 0 Å². The van der Waals surface area contributed by atoms with Crippen molar-refractivity contribution in [3.8, 4) is 0 Å².